The topological polar surface area (TPSA) is 41.1 Å². The molecule has 1 heterocycles. The zero-order chi connectivity index (χ0) is 6.97. The normalized spacial score (nSPS) is 39.8. The molecule has 3 nitrogen and oxygen atoms in total. The van der Waals surface area contributed by atoms with Crippen molar-refractivity contribution in [2.24, 2.45) is 5.92 Å². The molecule has 1 aliphatic carbocycles. The van der Waals surface area contributed by atoms with Crippen molar-refractivity contribution in [2.75, 3.05) is 6.54 Å². The first-order valence-corrected chi connectivity index (χ1v) is 3.89. The van der Waals surface area contributed by atoms with E-state index in [4.69, 9.17) is 0 Å². The highest BCUT2D eigenvalue weighted by atomic mass is 16.1. The van der Waals surface area contributed by atoms with E-state index in [0.29, 0.717) is 11.8 Å². The Labute approximate surface area is 60.1 Å². The van der Waals surface area contributed by atoms with E-state index >= 15 is 0 Å². The number of fused-ring (bicyclic) bond motifs is 1. The van der Waals surface area contributed by atoms with Gasteiger partial charge in [-0.3, -0.25) is 15.6 Å². The number of hydrogen-bond acceptors (Lipinski definition) is 3. The van der Waals surface area contributed by atoms with E-state index in [-0.39, 0.29) is 5.92 Å². The first-order valence-electron chi connectivity index (χ1n) is 3.89. The van der Waals surface area contributed by atoms with Gasteiger partial charge in [-0.1, -0.05) is 0 Å². The summed E-state index contributed by atoms with van der Waals surface area (Å²) in [6.45, 7) is 0.837. The van der Waals surface area contributed by atoms with Crippen molar-refractivity contribution in [3.8, 4) is 0 Å². The highest BCUT2D eigenvalue weighted by molar-refractivity contribution is 5.83. The first kappa shape index (κ1) is 6.31. The first-order chi connectivity index (χ1) is 4.88. The molecule has 0 bridgehead atoms. The van der Waals surface area contributed by atoms with Crippen LogP contribution in [0.2, 0.25) is 0 Å². The zero-order valence-electron chi connectivity index (χ0n) is 5.89. The van der Waals surface area contributed by atoms with Crippen LogP contribution in [0.1, 0.15) is 19.3 Å². The molecule has 0 aromatic heterocycles. The minimum atomic E-state index is 0.272. The van der Waals surface area contributed by atoms with Gasteiger partial charge in [0.25, 0.3) is 0 Å². The fourth-order valence-corrected chi connectivity index (χ4v) is 1.84. The lowest BCUT2D eigenvalue weighted by Gasteiger charge is -2.21. The quantitative estimate of drug-likeness (QED) is 0.491. The molecule has 0 amide bonds. The third-order valence-corrected chi connectivity index (χ3v) is 2.45. The minimum Gasteiger partial charge on any atom is -0.299 e. The van der Waals surface area contributed by atoms with E-state index < -0.39 is 0 Å². The van der Waals surface area contributed by atoms with E-state index in [9.17, 15) is 4.79 Å². The molecule has 2 rings (SSSR count). The standard InChI is InChI=1S/C7H12N2O/c10-7-3-1-2-6-5(7)4-8-9-6/h5-6,8-9H,1-4H2. The summed E-state index contributed by atoms with van der Waals surface area (Å²) in [6.07, 6.45) is 3.02. The molecular weight excluding hydrogens is 128 g/mol. The van der Waals surface area contributed by atoms with Crippen LogP contribution in [0, 0.1) is 5.92 Å². The van der Waals surface area contributed by atoms with Crippen LogP contribution in [0.25, 0.3) is 0 Å². The van der Waals surface area contributed by atoms with Gasteiger partial charge in [0, 0.05) is 24.9 Å². The minimum absolute atomic E-state index is 0.272. The second kappa shape index (κ2) is 2.32. The van der Waals surface area contributed by atoms with Crippen LogP contribution < -0.4 is 10.9 Å². The van der Waals surface area contributed by atoms with Gasteiger partial charge in [0.1, 0.15) is 5.78 Å². The van der Waals surface area contributed by atoms with Crippen molar-refractivity contribution in [3.63, 3.8) is 0 Å². The van der Waals surface area contributed by atoms with Gasteiger partial charge in [-0.05, 0) is 12.8 Å². The third-order valence-electron chi connectivity index (χ3n) is 2.45. The maximum absolute atomic E-state index is 11.2. The number of hydrazine groups is 1. The number of nitrogens with one attached hydrogen (secondary N) is 2. The summed E-state index contributed by atoms with van der Waals surface area (Å²) < 4.78 is 0. The van der Waals surface area contributed by atoms with Crippen LogP contribution in [-0.4, -0.2) is 18.4 Å². The van der Waals surface area contributed by atoms with E-state index in [0.717, 1.165) is 25.8 Å². The SMILES string of the molecule is O=C1CCCC2NNCC12. The monoisotopic (exact) mass is 140 g/mol. The highest BCUT2D eigenvalue weighted by Crippen LogP contribution is 2.22. The average Bonchev–Trinajstić information content (AvgIpc) is 2.36. The Bertz CT molecular complexity index is 158. The fourth-order valence-electron chi connectivity index (χ4n) is 1.84. The molecule has 2 fully saturated rings. The van der Waals surface area contributed by atoms with Crippen LogP contribution in [0.5, 0.6) is 0 Å². The number of Topliss-reactive ketones (excluding diaryl/α,β-unsaturated/α-hetero) is 1. The summed E-state index contributed by atoms with van der Waals surface area (Å²) in [5.74, 6) is 0.711. The van der Waals surface area contributed by atoms with Crippen molar-refractivity contribution < 1.29 is 4.79 Å². The van der Waals surface area contributed by atoms with E-state index in [1.807, 2.05) is 0 Å². The van der Waals surface area contributed by atoms with Gasteiger partial charge in [-0.2, -0.15) is 0 Å². The molecule has 1 saturated carbocycles. The van der Waals surface area contributed by atoms with Gasteiger partial charge in [-0.15, -0.1) is 0 Å². The van der Waals surface area contributed by atoms with E-state index in [2.05, 4.69) is 10.9 Å². The molecule has 56 valence electrons. The van der Waals surface area contributed by atoms with Gasteiger partial charge in [0.05, 0.1) is 0 Å². The Kier molecular flexibility index (Phi) is 1.47. The second-order valence-corrected chi connectivity index (χ2v) is 3.10. The average molecular weight is 140 g/mol. The number of carbonyl (C=O) groups excluding carboxylic acids is 1. The Morgan fingerprint density at radius 3 is 3.20 bits per heavy atom. The third kappa shape index (κ3) is 0.859. The lowest BCUT2D eigenvalue weighted by Crippen LogP contribution is -2.36. The largest absolute Gasteiger partial charge is 0.299 e. The van der Waals surface area contributed by atoms with Gasteiger partial charge in [0.15, 0.2) is 0 Å². The molecule has 1 saturated heterocycles. The Hall–Kier alpha value is -0.410. The molecular formula is C7H12N2O. The summed E-state index contributed by atoms with van der Waals surface area (Å²) in [7, 11) is 0. The number of rotatable bonds is 0. The smallest absolute Gasteiger partial charge is 0.138 e. The summed E-state index contributed by atoms with van der Waals surface area (Å²) >= 11 is 0. The summed E-state index contributed by atoms with van der Waals surface area (Å²) in [5.41, 5.74) is 6.14. The lowest BCUT2D eigenvalue weighted by atomic mass is 9.85. The van der Waals surface area contributed by atoms with Gasteiger partial charge < -0.3 is 0 Å². The van der Waals surface area contributed by atoms with Crippen molar-refractivity contribution in [1.29, 1.82) is 0 Å². The molecule has 2 unspecified atom stereocenters. The molecule has 0 radical (unpaired) electrons. The van der Waals surface area contributed by atoms with Crippen molar-refractivity contribution >= 4 is 5.78 Å². The predicted octanol–water partition coefficient (Wildman–Crippen LogP) is -0.168. The Morgan fingerprint density at radius 2 is 2.40 bits per heavy atom. The molecule has 2 N–H and O–H groups in total. The van der Waals surface area contributed by atoms with E-state index in [1.165, 1.54) is 0 Å². The number of hydrogen-bond donors (Lipinski definition) is 2. The van der Waals surface area contributed by atoms with E-state index in [1.54, 1.807) is 0 Å². The maximum atomic E-state index is 11.2. The Balaban J connectivity index is 2.10. The van der Waals surface area contributed by atoms with Gasteiger partial charge in [0.2, 0.25) is 0 Å². The molecule has 1 aliphatic heterocycles. The maximum Gasteiger partial charge on any atom is 0.138 e. The summed E-state index contributed by atoms with van der Waals surface area (Å²) in [6, 6.07) is 0.432. The molecule has 2 aliphatic rings. The Morgan fingerprint density at radius 1 is 1.50 bits per heavy atom. The summed E-state index contributed by atoms with van der Waals surface area (Å²) in [5, 5.41) is 0. The van der Waals surface area contributed by atoms with Crippen LogP contribution in [-0.2, 0) is 4.79 Å². The van der Waals surface area contributed by atoms with Crippen molar-refractivity contribution in [1.82, 2.24) is 10.9 Å². The summed E-state index contributed by atoms with van der Waals surface area (Å²) in [4.78, 5) is 11.2. The fraction of sp³-hybridized carbons (Fsp3) is 0.857. The van der Waals surface area contributed by atoms with Crippen LogP contribution >= 0.6 is 0 Å². The number of carbonyl (C=O) groups is 1. The van der Waals surface area contributed by atoms with Crippen LogP contribution in [0.3, 0.4) is 0 Å². The predicted molar refractivity (Wildman–Crippen MR) is 37.3 cm³/mol. The van der Waals surface area contributed by atoms with Crippen molar-refractivity contribution in [2.45, 2.75) is 25.3 Å². The molecule has 2 atom stereocenters. The lowest BCUT2D eigenvalue weighted by molar-refractivity contribution is -0.124. The molecule has 0 aromatic rings. The van der Waals surface area contributed by atoms with Crippen LogP contribution in [0.15, 0.2) is 0 Å². The van der Waals surface area contributed by atoms with Crippen molar-refractivity contribution in [3.05, 3.63) is 0 Å². The molecule has 0 aromatic carbocycles. The molecule has 3 heteroatoms. The highest BCUT2D eigenvalue weighted by Gasteiger charge is 2.34. The second-order valence-electron chi connectivity index (χ2n) is 3.10. The number of ketones is 1. The molecule has 10 heavy (non-hydrogen) atoms. The van der Waals surface area contributed by atoms with Gasteiger partial charge in [-0.25, -0.2) is 0 Å². The molecule has 0 spiro atoms. The van der Waals surface area contributed by atoms with Crippen LogP contribution in [0.4, 0.5) is 0 Å². The zero-order valence-corrected chi connectivity index (χ0v) is 5.89. The van der Waals surface area contributed by atoms with Gasteiger partial charge >= 0.3 is 0 Å².